The number of hydrogen-bond donors (Lipinski definition) is 1. The van der Waals surface area contributed by atoms with Crippen molar-refractivity contribution in [2.75, 3.05) is 13.1 Å². The summed E-state index contributed by atoms with van der Waals surface area (Å²) in [4.78, 5) is 13.5. The van der Waals surface area contributed by atoms with E-state index in [1.165, 1.54) is 0 Å². The fourth-order valence-electron chi connectivity index (χ4n) is 3.19. The molecule has 1 aromatic carbocycles. The summed E-state index contributed by atoms with van der Waals surface area (Å²) in [6.45, 7) is 1.11. The van der Waals surface area contributed by atoms with Gasteiger partial charge < -0.3 is 14.7 Å². The fraction of sp³-hybridized carbons (Fsp3) is 0.533. The third-order valence-corrected chi connectivity index (χ3v) is 4.29. The van der Waals surface area contributed by atoms with Gasteiger partial charge in [0, 0.05) is 19.0 Å². The average Bonchev–Trinajstić information content (AvgIpc) is 2.98. The van der Waals surface area contributed by atoms with Crippen molar-refractivity contribution >= 4 is 6.09 Å². The quantitative estimate of drug-likeness (QED) is 0.900. The second-order valence-electron chi connectivity index (χ2n) is 5.61. The van der Waals surface area contributed by atoms with Crippen molar-refractivity contribution in [1.29, 1.82) is 0 Å². The Morgan fingerprint density at radius 2 is 2.10 bits per heavy atom. The number of amides is 1. The molecule has 0 bridgehead atoms. The number of hydrogen-bond acceptors (Lipinski definition) is 3. The second-order valence-corrected chi connectivity index (χ2v) is 5.61. The van der Waals surface area contributed by atoms with E-state index in [0.717, 1.165) is 5.56 Å². The number of aliphatic hydroxyl groups is 1. The molecule has 20 heavy (non-hydrogen) atoms. The minimum Gasteiger partial charge on any atom is -0.445 e. The maximum atomic E-state index is 13.4. The number of halogens is 1. The van der Waals surface area contributed by atoms with Gasteiger partial charge in [0.15, 0.2) is 0 Å². The van der Waals surface area contributed by atoms with Gasteiger partial charge in [-0.15, -0.1) is 0 Å². The number of benzene rings is 1. The second kappa shape index (κ2) is 5.40. The molecule has 1 saturated carbocycles. The molecule has 1 amide bonds. The molecule has 2 fully saturated rings. The summed E-state index contributed by atoms with van der Waals surface area (Å²) in [5, 5.41) is 9.72. The zero-order valence-electron chi connectivity index (χ0n) is 11.1. The normalized spacial score (nSPS) is 32.2. The van der Waals surface area contributed by atoms with Crippen LogP contribution in [0.25, 0.3) is 0 Å². The highest BCUT2D eigenvalue weighted by Crippen LogP contribution is 2.39. The summed E-state index contributed by atoms with van der Waals surface area (Å²) in [7, 11) is 0. The number of rotatable bonds is 2. The van der Waals surface area contributed by atoms with Gasteiger partial charge in [0.25, 0.3) is 0 Å². The molecule has 1 aliphatic carbocycles. The lowest BCUT2D eigenvalue weighted by Crippen LogP contribution is -2.33. The number of aliphatic hydroxyl groups excluding tert-OH is 1. The zero-order chi connectivity index (χ0) is 14.1. The smallest absolute Gasteiger partial charge is 0.410 e. The molecule has 3 rings (SSSR count). The van der Waals surface area contributed by atoms with Crippen molar-refractivity contribution in [3.8, 4) is 0 Å². The van der Waals surface area contributed by atoms with Gasteiger partial charge in [-0.2, -0.15) is 0 Å². The van der Waals surface area contributed by atoms with Gasteiger partial charge in [0.1, 0.15) is 12.8 Å². The van der Waals surface area contributed by atoms with Crippen molar-refractivity contribution in [2.45, 2.75) is 25.3 Å². The number of ether oxygens (including phenoxy) is 1. The predicted molar refractivity (Wildman–Crippen MR) is 70.7 cm³/mol. The molecule has 1 saturated heterocycles. The van der Waals surface area contributed by atoms with Crippen LogP contribution in [-0.2, 0) is 11.3 Å². The lowest BCUT2D eigenvalue weighted by molar-refractivity contribution is 0.0588. The first-order valence-electron chi connectivity index (χ1n) is 6.93. The van der Waals surface area contributed by atoms with Gasteiger partial charge >= 0.3 is 6.09 Å². The molecule has 1 heterocycles. The van der Waals surface area contributed by atoms with Crippen molar-refractivity contribution in [1.82, 2.24) is 4.90 Å². The lowest BCUT2D eigenvalue weighted by Gasteiger charge is -2.19. The molecule has 1 aromatic rings. The van der Waals surface area contributed by atoms with E-state index in [1.54, 1.807) is 4.90 Å². The van der Waals surface area contributed by atoms with Crippen molar-refractivity contribution < 1.29 is 19.0 Å². The highest BCUT2D eigenvalue weighted by Gasteiger charge is 2.49. The van der Waals surface area contributed by atoms with Crippen LogP contribution in [0.5, 0.6) is 0 Å². The largest absolute Gasteiger partial charge is 0.445 e. The monoisotopic (exact) mass is 279 g/mol. The average molecular weight is 279 g/mol. The number of likely N-dealkylation sites (tertiary alicyclic amines) is 1. The minimum atomic E-state index is -1.15. The highest BCUT2D eigenvalue weighted by molar-refractivity contribution is 5.68. The molecule has 108 valence electrons. The van der Waals surface area contributed by atoms with Gasteiger partial charge in [-0.05, 0) is 17.9 Å². The molecule has 0 radical (unpaired) electrons. The molecule has 1 N–H and O–H groups in total. The van der Waals surface area contributed by atoms with Crippen molar-refractivity contribution in [3.05, 3.63) is 35.9 Å². The topological polar surface area (TPSA) is 49.8 Å². The summed E-state index contributed by atoms with van der Waals surface area (Å²) >= 11 is 0. The Kier molecular flexibility index (Phi) is 3.61. The third-order valence-electron chi connectivity index (χ3n) is 4.29. The van der Waals surface area contributed by atoms with E-state index >= 15 is 0 Å². The summed E-state index contributed by atoms with van der Waals surface area (Å²) in [6, 6.07) is 9.47. The van der Waals surface area contributed by atoms with Gasteiger partial charge in [-0.1, -0.05) is 30.3 Å². The number of nitrogens with zero attached hydrogens (tertiary/aromatic N) is 1. The van der Waals surface area contributed by atoms with Gasteiger partial charge in [0.2, 0.25) is 0 Å². The predicted octanol–water partition coefficient (Wildman–Crippen LogP) is 1.97. The van der Waals surface area contributed by atoms with Crippen molar-refractivity contribution in [3.63, 3.8) is 0 Å². The van der Waals surface area contributed by atoms with Crippen LogP contribution in [0.3, 0.4) is 0 Å². The van der Waals surface area contributed by atoms with Gasteiger partial charge in [0.05, 0.1) is 6.10 Å². The molecule has 0 unspecified atom stereocenters. The van der Waals surface area contributed by atoms with E-state index in [0.29, 0.717) is 19.5 Å². The van der Waals surface area contributed by atoms with Crippen LogP contribution < -0.4 is 0 Å². The maximum Gasteiger partial charge on any atom is 0.410 e. The van der Waals surface area contributed by atoms with Crippen LogP contribution in [0.2, 0.25) is 0 Å². The molecule has 4 nitrogen and oxygen atoms in total. The SMILES string of the molecule is O=C(OCc1ccccc1)N1C[C@@H]2C[C@H](F)[C@@H](O)[C@@H]2C1. The Hall–Kier alpha value is -1.62. The van der Waals surface area contributed by atoms with E-state index in [4.69, 9.17) is 4.74 Å². The number of fused-ring (bicyclic) bond motifs is 1. The number of carbonyl (C=O) groups excluding carboxylic acids is 1. The molecule has 1 aliphatic heterocycles. The van der Waals surface area contributed by atoms with Crippen molar-refractivity contribution in [2.24, 2.45) is 11.8 Å². The van der Waals surface area contributed by atoms with Crippen LogP contribution in [-0.4, -0.2) is 41.5 Å². The number of carbonyl (C=O) groups is 1. The Morgan fingerprint density at radius 3 is 2.80 bits per heavy atom. The Labute approximate surface area is 117 Å². The van der Waals surface area contributed by atoms with E-state index in [9.17, 15) is 14.3 Å². The molecular weight excluding hydrogens is 261 g/mol. The Bertz CT molecular complexity index is 481. The highest BCUT2D eigenvalue weighted by atomic mass is 19.1. The van der Waals surface area contributed by atoms with Gasteiger partial charge in [-0.25, -0.2) is 9.18 Å². The van der Waals surface area contributed by atoms with Crippen LogP contribution in [0.15, 0.2) is 30.3 Å². The molecular formula is C15H18FNO3. The van der Waals surface area contributed by atoms with Crippen LogP contribution in [0.4, 0.5) is 9.18 Å². The van der Waals surface area contributed by atoms with E-state index in [2.05, 4.69) is 0 Å². The van der Waals surface area contributed by atoms with Gasteiger partial charge in [-0.3, -0.25) is 0 Å². The molecule has 5 heteroatoms. The fourth-order valence-corrected chi connectivity index (χ4v) is 3.19. The summed E-state index contributed by atoms with van der Waals surface area (Å²) in [6.07, 6.45) is -2.13. The first-order chi connectivity index (χ1) is 9.65. The third kappa shape index (κ3) is 2.50. The molecule has 0 aromatic heterocycles. The summed E-state index contributed by atoms with van der Waals surface area (Å²) in [5.41, 5.74) is 0.934. The Morgan fingerprint density at radius 1 is 1.35 bits per heavy atom. The van der Waals surface area contributed by atoms with Crippen LogP contribution in [0.1, 0.15) is 12.0 Å². The Balaban J connectivity index is 1.53. The molecule has 0 spiro atoms. The number of alkyl halides is 1. The van der Waals surface area contributed by atoms with E-state index in [1.807, 2.05) is 30.3 Å². The zero-order valence-corrected chi connectivity index (χ0v) is 11.1. The first-order valence-corrected chi connectivity index (χ1v) is 6.93. The molecule has 2 aliphatic rings. The minimum absolute atomic E-state index is 0.0595. The van der Waals surface area contributed by atoms with E-state index < -0.39 is 12.3 Å². The molecule has 4 atom stereocenters. The maximum absolute atomic E-state index is 13.4. The van der Waals surface area contributed by atoms with E-state index in [-0.39, 0.29) is 24.5 Å². The van der Waals surface area contributed by atoms with Crippen LogP contribution >= 0.6 is 0 Å². The lowest BCUT2D eigenvalue weighted by atomic mass is 10.00. The summed E-state index contributed by atoms with van der Waals surface area (Å²) < 4.78 is 18.6. The first kappa shape index (κ1) is 13.4. The van der Waals surface area contributed by atoms with Crippen LogP contribution in [0, 0.1) is 11.8 Å². The standard InChI is InChI=1S/C15H18FNO3/c16-13-6-11-7-17(8-12(11)14(13)18)15(19)20-9-10-4-2-1-3-5-10/h1-5,11-14,18H,6-9H2/t11-,12+,13-,14-/m0/s1. The summed E-state index contributed by atoms with van der Waals surface area (Å²) in [5.74, 6) is -0.0847.